The van der Waals surface area contributed by atoms with Crippen molar-refractivity contribution in [2.24, 2.45) is 5.92 Å². The van der Waals surface area contributed by atoms with Crippen molar-refractivity contribution in [2.45, 2.75) is 83.3 Å². The molecule has 2 saturated heterocycles. The van der Waals surface area contributed by atoms with E-state index >= 15 is 8.78 Å². The zero-order valence-corrected chi connectivity index (χ0v) is 47.9. The van der Waals surface area contributed by atoms with Crippen LogP contribution in [-0.2, 0) is 28.7 Å². The summed E-state index contributed by atoms with van der Waals surface area (Å²) in [6.07, 6.45) is 6.89. The molecule has 0 spiro atoms. The van der Waals surface area contributed by atoms with Crippen LogP contribution < -0.4 is 25.6 Å². The average Bonchev–Trinajstić information content (AvgIpc) is 4.31. The normalized spacial score (nSPS) is 16.7. The van der Waals surface area contributed by atoms with Crippen molar-refractivity contribution in [3.8, 4) is 33.9 Å². The molecule has 1 saturated carbocycles. The molecule has 6 aromatic rings. The van der Waals surface area contributed by atoms with Gasteiger partial charge < -0.3 is 54.9 Å². The summed E-state index contributed by atoms with van der Waals surface area (Å²) in [4.78, 5) is 74.1. The Balaban J connectivity index is 0.729. The van der Waals surface area contributed by atoms with Crippen LogP contribution in [0.1, 0.15) is 76.3 Å². The van der Waals surface area contributed by atoms with Gasteiger partial charge in [-0.2, -0.15) is 4.98 Å². The number of amides is 4. The molecule has 22 heteroatoms. The number of anilines is 2. The van der Waals surface area contributed by atoms with Gasteiger partial charge in [0.25, 0.3) is 0 Å². The molecule has 3 atom stereocenters. The number of nitrogens with one attached hydrogen (secondary N) is 3. The number of likely N-dealkylation sites (N-methyl/N-ethyl adjacent to an activating group) is 2. The van der Waals surface area contributed by atoms with Crippen molar-refractivity contribution >= 4 is 80.0 Å². The number of fused-ring (bicyclic) bond motifs is 2. The van der Waals surface area contributed by atoms with E-state index in [0.29, 0.717) is 71.5 Å². The van der Waals surface area contributed by atoms with Gasteiger partial charge >= 0.3 is 0 Å². The van der Waals surface area contributed by atoms with E-state index in [9.17, 15) is 24.3 Å². The lowest BCUT2D eigenvalue weighted by Crippen LogP contribution is -2.55. The first-order chi connectivity index (χ1) is 39.2. The lowest BCUT2D eigenvalue weighted by Gasteiger charge is -2.35. The zero-order chi connectivity index (χ0) is 57.2. The number of thiazole rings is 1. The van der Waals surface area contributed by atoms with E-state index in [-0.39, 0.29) is 82.6 Å². The van der Waals surface area contributed by atoms with Crippen LogP contribution in [0.5, 0.6) is 11.5 Å². The molecule has 81 heavy (non-hydrogen) atoms. The third kappa shape index (κ3) is 13.8. The first-order valence-electron chi connectivity index (χ1n) is 27.9. The van der Waals surface area contributed by atoms with Crippen molar-refractivity contribution in [3.05, 3.63) is 87.7 Å². The molecule has 0 bridgehead atoms. The lowest BCUT2D eigenvalue weighted by atomic mass is 9.83. The number of piperazine rings is 1. The monoisotopic (exact) mass is 1150 g/mol. The minimum Gasteiger partial charge on any atom is -0.507 e. The molecule has 432 valence electrons. The van der Waals surface area contributed by atoms with Gasteiger partial charge in [0.05, 0.1) is 54.8 Å². The van der Waals surface area contributed by atoms with Gasteiger partial charge in [-0.1, -0.05) is 61.2 Å². The van der Waals surface area contributed by atoms with Crippen molar-refractivity contribution in [2.75, 3.05) is 103 Å². The van der Waals surface area contributed by atoms with Crippen LogP contribution in [0.2, 0.25) is 5.02 Å². The number of ether oxygens (including phenoxy) is 3. The number of rotatable bonds is 23. The summed E-state index contributed by atoms with van der Waals surface area (Å²) in [5, 5.41) is 24.7. The van der Waals surface area contributed by atoms with Gasteiger partial charge in [0.1, 0.15) is 46.3 Å². The van der Waals surface area contributed by atoms with Gasteiger partial charge in [0.2, 0.25) is 29.6 Å². The smallest absolute Gasteiger partial charge is 0.246 e. The summed E-state index contributed by atoms with van der Waals surface area (Å²) in [5.74, 6) is -1.51. The van der Waals surface area contributed by atoms with Crippen LogP contribution in [0.4, 0.5) is 20.5 Å². The number of carbonyl (C=O) groups excluding carboxylic acids is 4. The van der Waals surface area contributed by atoms with Crippen molar-refractivity contribution in [3.63, 3.8) is 0 Å². The second kappa shape index (κ2) is 27.3. The van der Waals surface area contributed by atoms with Crippen molar-refractivity contribution in [1.82, 2.24) is 40.3 Å². The number of phenols is 1. The highest BCUT2D eigenvalue weighted by Crippen LogP contribution is 2.44. The third-order valence-electron chi connectivity index (χ3n) is 15.6. The van der Waals surface area contributed by atoms with Gasteiger partial charge in [-0.05, 0) is 81.3 Å². The molecule has 3 aliphatic rings. The number of aromatic hydroxyl groups is 1. The highest BCUT2D eigenvalue weighted by Gasteiger charge is 2.40. The van der Waals surface area contributed by atoms with E-state index < -0.39 is 35.0 Å². The number of hydrogen-bond donors (Lipinski definition) is 4. The highest BCUT2D eigenvalue weighted by atomic mass is 35.5. The van der Waals surface area contributed by atoms with E-state index in [1.54, 1.807) is 35.2 Å². The Labute approximate surface area is 479 Å². The van der Waals surface area contributed by atoms with E-state index in [2.05, 4.69) is 32.4 Å². The minimum absolute atomic E-state index is 0.00910. The van der Waals surface area contributed by atoms with Crippen LogP contribution in [0.3, 0.4) is 0 Å². The van der Waals surface area contributed by atoms with Crippen LogP contribution in [-0.4, -0.2) is 163 Å². The van der Waals surface area contributed by atoms with Crippen LogP contribution in [0.15, 0.2) is 66.0 Å². The quantitative estimate of drug-likeness (QED) is 0.0444. The first-order valence-corrected chi connectivity index (χ1v) is 29.2. The predicted octanol–water partition coefficient (Wildman–Crippen LogP) is 8.59. The molecule has 1 unspecified atom stereocenters. The Morgan fingerprint density at radius 1 is 0.852 bits per heavy atom. The molecule has 2 aromatic heterocycles. The second-order valence-electron chi connectivity index (χ2n) is 20.8. The molecular formula is C59H71ClF2N10O8S. The maximum absolute atomic E-state index is 16.5. The van der Waals surface area contributed by atoms with E-state index in [4.69, 9.17) is 35.8 Å². The van der Waals surface area contributed by atoms with Gasteiger partial charge in [-0.3, -0.25) is 19.2 Å². The number of halogens is 3. The predicted molar refractivity (Wildman–Crippen MR) is 310 cm³/mol. The van der Waals surface area contributed by atoms with Crippen molar-refractivity contribution in [1.29, 1.82) is 0 Å². The number of benzene rings is 4. The minimum atomic E-state index is -0.951. The number of aromatic nitrogens is 3. The fourth-order valence-corrected chi connectivity index (χ4v) is 12.2. The van der Waals surface area contributed by atoms with Gasteiger partial charge in [-0.15, -0.1) is 11.3 Å². The number of phenolic OH excluding ortho intramolecular Hbond substituents is 1. The van der Waals surface area contributed by atoms with Gasteiger partial charge in [0.15, 0.2) is 5.82 Å². The topological polar surface area (TPSA) is 204 Å². The maximum atomic E-state index is 16.5. The molecule has 2 aliphatic heterocycles. The van der Waals surface area contributed by atoms with Gasteiger partial charge in [0, 0.05) is 93.5 Å². The zero-order valence-electron chi connectivity index (χ0n) is 46.3. The Morgan fingerprint density at radius 2 is 1.59 bits per heavy atom. The highest BCUT2D eigenvalue weighted by molar-refractivity contribution is 7.10. The van der Waals surface area contributed by atoms with Gasteiger partial charge in [-0.25, -0.2) is 18.7 Å². The molecule has 9 rings (SSSR count). The maximum Gasteiger partial charge on any atom is 0.246 e. The Morgan fingerprint density at radius 3 is 2.33 bits per heavy atom. The Hall–Kier alpha value is -6.78. The van der Waals surface area contributed by atoms with E-state index in [1.165, 1.54) is 25.1 Å². The fourth-order valence-electron chi connectivity index (χ4n) is 11.0. The molecule has 4 aromatic carbocycles. The van der Waals surface area contributed by atoms with Crippen LogP contribution >= 0.6 is 22.9 Å². The van der Waals surface area contributed by atoms with Crippen LogP contribution in [0.25, 0.3) is 44.1 Å². The number of hydrogen-bond acceptors (Lipinski definition) is 15. The summed E-state index contributed by atoms with van der Waals surface area (Å²) in [6, 6.07) is 16.0. The number of carbonyl (C=O) groups is 4. The Bertz CT molecular complexity index is 3190. The number of likely N-dealkylation sites (tertiary alicyclic amines) is 1. The Kier molecular flexibility index (Phi) is 19.9. The first kappa shape index (κ1) is 58.9. The molecule has 18 nitrogen and oxygen atoms in total. The average molecular weight is 1150 g/mol. The molecule has 4 N–H and O–H groups in total. The third-order valence-corrected chi connectivity index (χ3v) is 16.9. The standard InChI is InChI=1S/C59H71ClF2N10O8S/c1-36(63-3)56(76)66-53(38-12-6-5-7-13-38)58(77)72-23-11-17-46(72)57-65-45(35-81-57)40-19-20-48(41-15-9-8-14-39(40)41)80-33-32-79-31-30-78-29-28-69(4)49(75)21-22-64-59-67-54-42(55(68-59)71-26-24-70(25-27-71)37(2)73)34-43(60)50(52(54)62)51-44(61)16-10-18-47(51)74/h8-10,14-16,18-20,34-36,38,46,53,63,74H,5-7,11-13,17,21-33H2,1-4H3,(H,66,76)(H,64,67,68)/t36-,46-,53?/m0/s1. The molecule has 4 amide bonds. The molecular weight excluding hydrogens is 1080 g/mol. The second-order valence-corrected chi connectivity index (χ2v) is 22.1. The largest absolute Gasteiger partial charge is 0.507 e. The van der Waals surface area contributed by atoms with Crippen molar-refractivity contribution < 1.29 is 47.3 Å². The SMILES string of the molecule is CN[C@@H](C)C(=O)NC(C(=O)N1CCC[C@H]1c1nc(-c2ccc(OCCOCCOCCN(C)C(=O)CCNc3nc(N4CCN(C(C)=O)CC4)c4cc(Cl)c(-c5c(O)cccc5F)c(F)c4n3)c3ccccc23)cs1)C1CCCCC1. The summed E-state index contributed by atoms with van der Waals surface area (Å²) >= 11 is 8.16. The summed E-state index contributed by atoms with van der Waals surface area (Å²) < 4.78 is 49.4. The number of nitrogens with zero attached hydrogens (tertiary/aromatic N) is 7. The van der Waals surface area contributed by atoms with E-state index in [1.807, 2.05) is 47.1 Å². The summed E-state index contributed by atoms with van der Waals surface area (Å²) in [7, 11) is 3.42. The fraction of sp³-hybridized carbons (Fsp3) is 0.475. The summed E-state index contributed by atoms with van der Waals surface area (Å²) in [6.45, 7) is 7.54. The molecule has 0 radical (unpaired) electrons. The van der Waals surface area contributed by atoms with E-state index in [0.717, 1.165) is 83.8 Å². The summed E-state index contributed by atoms with van der Waals surface area (Å²) in [5.41, 5.74) is 0.897. The van der Waals surface area contributed by atoms with Crippen LogP contribution in [0, 0.1) is 17.6 Å². The molecule has 3 fully saturated rings. The molecule has 4 heterocycles. The molecule has 1 aliphatic carbocycles. The lowest BCUT2D eigenvalue weighted by molar-refractivity contribution is -0.139.